The smallest absolute Gasteiger partial charge is 0.705 e. The molecule has 5 atom stereocenters. The molecule has 5 rings (SSSR count). The maximum atomic E-state index is 12.2. The summed E-state index contributed by atoms with van der Waals surface area (Å²) in [5.41, 5.74) is 1.53. The molecule has 0 aromatic heterocycles. The van der Waals surface area contributed by atoms with Crippen molar-refractivity contribution >= 4 is 41.5 Å². The maximum Gasteiger partial charge on any atom is 1.00 e. The van der Waals surface area contributed by atoms with Gasteiger partial charge in [0.1, 0.15) is 0 Å². The van der Waals surface area contributed by atoms with E-state index < -0.39 is 48.8 Å². The Bertz CT molecular complexity index is 1330. The summed E-state index contributed by atoms with van der Waals surface area (Å²) in [6.07, 6.45) is -3.58. The van der Waals surface area contributed by atoms with Gasteiger partial charge in [-0.3, -0.25) is 33.8 Å². The van der Waals surface area contributed by atoms with E-state index in [1.807, 2.05) is 0 Å². The van der Waals surface area contributed by atoms with Crippen LogP contribution in [0.3, 0.4) is 0 Å². The Hall–Kier alpha value is -2.80. The second-order valence-corrected chi connectivity index (χ2v) is 10.9. The third-order valence-electron chi connectivity index (χ3n) is 7.43. The number of hydrogen-bond donors (Lipinski definition) is 5. The van der Waals surface area contributed by atoms with Gasteiger partial charge in [-0.2, -0.15) is 0 Å². The fraction of sp³-hybridized carbons (Fsp3) is 0.433. The largest absolute Gasteiger partial charge is 1.00 e. The first-order valence-electron chi connectivity index (χ1n) is 14.3. The topological polar surface area (TPSA) is 234 Å². The van der Waals surface area contributed by atoms with Gasteiger partial charge in [0, 0.05) is 19.5 Å². The third-order valence-corrected chi connectivity index (χ3v) is 7.43. The number of hydrogen-bond acceptors (Lipinski definition) is 12. The van der Waals surface area contributed by atoms with Crippen molar-refractivity contribution in [2.75, 3.05) is 13.1 Å². The third kappa shape index (κ3) is 11.1. The van der Waals surface area contributed by atoms with Crippen LogP contribution in [-0.4, -0.2) is 109 Å². The molecule has 0 spiro atoms. The molecule has 47 heavy (non-hydrogen) atoms. The molecule has 4 amide bonds. The molecule has 250 valence electrons. The molecule has 17 heteroatoms. The van der Waals surface area contributed by atoms with Crippen molar-refractivity contribution in [2.24, 2.45) is 0 Å². The molecular formula is C30H34ClN2NaO13. The van der Waals surface area contributed by atoms with Crippen LogP contribution in [-0.2, 0) is 14.0 Å². The van der Waals surface area contributed by atoms with Gasteiger partial charge in [-0.05, 0) is 49.9 Å². The van der Waals surface area contributed by atoms with Crippen molar-refractivity contribution in [3.05, 3.63) is 70.8 Å². The number of benzene rings is 2. The Morgan fingerprint density at radius 3 is 1.68 bits per heavy atom. The van der Waals surface area contributed by atoms with Gasteiger partial charge < -0.3 is 40.0 Å². The molecule has 3 aliphatic rings. The van der Waals surface area contributed by atoms with Crippen LogP contribution >= 0.6 is 11.9 Å². The fourth-order valence-electron chi connectivity index (χ4n) is 5.30. The van der Waals surface area contributed by atoms with Crippen molar-refractivity contribution in [2.45, 2.75) is 69.2 Å². The SMILES string of the molecule is O=C(O)C[C@H](O)C[C@H](O)CCN1C(=O)c2ccccc2C1=O.O=C1c2ccccc2C(=O)N1CC[C@@H]1C[C@@H](O)CC(O)O1.[Na+].[O-]OCl. The van der Waals surface area contributed by atoms with E-state index in [9.17, 15) is 44.4 Å². The van der Waals surface area contributed by atoms with Crippen LogP contribution in [0.2, 0.25) is 0 Å². The Morgan fingerprint density at radius 2 is 1.28 bits per heavy atom. The summed E-state index contributed by atoms with van der Waals surface area (Å²) in [5, 5.41) is 55.0. The summed E-state index contributed by atoms with van der Waals surface area (Å²) < 4.78 is 7.78. The Labute approximate surface area is 296 Å². The van der Waals surface area contributed by atoms with Crippen LogP contribution in [0.4, 0.5) is 0 Å². The summed E-state index contributed by atoms with van der Waals surface area (Å²) in [5.74, 6) is -2.56. The molecule has 0 aliphatic carbocycles. The van der Waals surface area contributed by atoms with Gasteiger partial charge in [0.2, 0.25) is 0 Å². The minimum absolute atomic E-state index is 0. The first-order chi connectivity index (χ1) is 21.9. The maximum absolute atomic E-state index is 12.2. The number of fused-ring (bicyclic) bond motifs is 2. The van der Waals surface area contributed by atoms with E-state index in [0.29, 0.717) is 35.1 Å². The zero-order chi connectivity index (χ0) is 34.0. The number of aliphatic carboxylic acids is 1. The number of carboxylic acid groups (broad SMARTS) is 1. The van der Waals surface area contributed by atoms with E-state index in [1.165, 1.54) is 4.90 Å². The van der Waals surface area contributed by atoms with Gasteiger partial charge >= 0.3 is 35.5 Å². The Balaban J connectivity index is 0.000000296. The Morgan fingerprint density at radius 1 is 0.851 bits per heavy atom. The molecular weight excluding hydrogens is 655 g/mol. The molecule has 2 aromatic carbocycles. The van der Waals surface area contributed by atoms with Crippen LogP contribution in [0, 0.1) is 0 Å². The summed E-state index contributed by atoms with van der Waals surface area (Å²) in [7, 11) is 0. The van der Waals surface area contributed by atoms with Crippen molar-refractivity contribution in [3.63, 3.8) is 0 Å². The minimum atomic E-state index is -1.16. The Kier molecular flexibility index (Phi) is 16.5. The van der Waals surface area contributed by atoms with Crippen LogP contribution in [0.25, 0.3) is 0 Å². The second-order valence-electron chi connectivity index (χ2n) is 10.7. The quantitative estimate of drug-likeness (QED) is 0.0737. The number of ether oxygens (including phenoxy) is 1. The molecule has 1 saturated heterocycles. The zero-order valence-electron chi connectivity index (χ0n) is 25.4. The van der Waals surface area contributed by atoms with E-state index in [2.05, 4.69) is 16.3 Å². The van der Waals surface area contributed by atoms with Gasteiger partial charge in [0.25, 0.3) is 23.6 Å². The van der Waals surface area contributed by atoms with Crippen molar-refractivity contribution in [3.8, 4) is 0 Å². The van der Waals surface area contributed by atoms with Crippen LogP contribution in [0.5, 0.6) is 0 Å². The molecule has 1 fully saturated rings. The normalized spacial score (nSPS) is 21.0. The average Bonchev–Trinajstić information content (AvgIpc) is 3.38. The molecule has 3 aliphatic heterocycles. The number of amides is 4. The summed E-state index contributed by atoms with van der Waals surface area (Å²) in [6.45, 7) is 0.240. The first-order valence-corrected chi connectivity index (χ1v) is 14.6. The number of aliphatic hydroxyl groups is 4. The summed E-state index contributed by atoms with van der Waals surface area (Å²) >= 11 is 3.94. The number of carboxylic acids is 1. The standard InChI is InChI=1S/C15H17NO6.C15H17NO5.ClHO2.Na/c17-9(7-10(18)8-13(19)20)5-6-16-14(21)11-3-1-2-4-12(11)15(16)22;17-9-7-10(21-13(18)8-9)5-6-16-14(19)11-3-1-2-4-12(11)15(16)20;1-3-2;/h1-4,9-10,17-18H,5-8H2,(H,19,20);1-4,9-10,13,17-18H,5-8H2;2H;/q;;;+1/p-1/t9-,10-;9-,10-,13?;;/m11../s1. The molecule has 2 aromatic rings. The van der Waals surface area contributed by atoms with Crippen LogP contribution < -0.4 is 34.8 Å². The first kappa shape index (κ1) is 40.4. The monoisotopic (exact) mass is 688 g/mol. The van der Waals surface area contributed by atoms with Crippen molar-refractivity contribution in [1.29, 1.82) is 0 Å². The number of halogens is 1. The zero-order valence-corrected chi connectivity index (χ0v) is 28.2. The van der Waals surface area contributed by atoms with Crippen LogP contribution in [0.1, 0.15) is 80.0 Å². The van der Waals surface area contributed by atoms with E-state index in [1.54, 1.807) is 48.5 Å². The fourth-order valence-corrected chi connectivity index (χ4v) is 5.30. The van der Waals surface area contributed by atoms with Gasteiger partial charge in [0.15, 0.2) is 6.29 Å². The number of carbonyl (C=O) groups is 5. The molecule has 1 unspecified atom stereocenters. The number of imide groups is 2. The van der Waals surface area contributed by atoms with E-state index in [4.69, 9.17) is 15.1 Å². The summed E-state index contributed by atoms with van der Waals surface area (Å²) in [4.78, 5) is 61.2. The molecule has 0 saturated carbocycles. The van der Waals surface area contributed by atoms with E-state index >= 15 is 0 Å². The predicted molar refractivity (Wildman–Crippen MR) is 155 cm³/mol. The molecule has 15 nitrogen and oxygen atoms in total. The number of nitrogens with zero attached hydrogens (tertiary/aromatic N) is 2. The molecule has 0 bridgehead atoms. The molecule has 0 radical (unpaired) electrons. The molecule has 3 heterocycles. The number of rotatable bonds is 10. The summed E-state index contributed by atoms with van der Waals surface area (Å²) in [6, 6.07) is 13.2. The van der Waals surface area contributed by atoms with Gasteiger partial charge in [-0.15, -0.1) is 0 Å². The number of aliphatic hydroxyl groups excluding tert-OH is 4. The van der Waals surface area contributed by atoms with Crippen molar-refractivity contribution < 1.29 is 93.5 Å². The van der Waals surface area contributed by atoms with E-state index in [-0.39, 0.29) is 79.8 Å². The second kappa shape index (κ2) is 19.3. The predicted octanol–water partition coefficient (Wildman–Crippen LogP) is -2.77. The van der Waals surface area contributed by atoms with Gasteiger partial charge in [0.05, 0.1) is 65.0 Å². The van der Waals surface area contributed by atoms with Gasteiger partial charge in [-0.25, -0.2) is 0 Å². The van der Waals surface area contributed by atoms with Crippen LogP contribution in [0.15, 0.2) is 48.5 Å². The molecule has 5 N–H and O–H groups in total. The minimum Gasteiger partial charge on any atom is -0.705 e. The average molecular weight is 689 g/mol. The van der Waals surface area contributed by atoms with E-state index in [0.717, 1.165) is 4.90 Å². The number of carbonyl (C=O) groups excluding carboxylic acids is 4. The van der Waals surface area contributed by atoms with Gasteiger partial charge in [-0.1, -0.05) is 24.3 Å². The van der Waals surface area contributed by atoms with Crippen molar-refractivity contribution in [1.82, 2.24) is 9.80 Å².